The van der Waals surface area contributed by atoms with Gasteiger partial charge in [0.1, 0.15) is 5.82 Å². The van der Waals surface area contributed by atoms with Crippen molar-refractivity contribution in [1.82, 2.24) is 20.1 Å². The molecule has 0 saturated carbocycles. The molecule has 0 aliphatic rings. The molecule has 6 nitrogen and oxygen atoms in total. The van der Waals surface area contributed by atoms with Crippen molar-refractivity contribution in [2.45, 2.75) is 33.3 Å². The minimum absolute atomic E-state index is 0.175. The lowest BCUT2D eigenvalue weighted by molar-refractivity contribution is 0.0526. The predicted octanol–water partition coefficient (Wildman–Crippen LogP) is 0.864. The number of nitrogens with one attached hydrogen (secondary N) is 1. The first-order valence-electron chi connectivity index (χ1n) is 5.83. The number of H-pyrrole nitrogens is 1. The molecule has 0 spiro atoms. The van der Waals surface area contributed by atoms with Gasteiger partial charge in [-0.3, -0.25) is 9.89 Å². The Morgan fingerprint density at radius 3 is 2.76 bits per heavy atom. The van der Waals surface area contributed by atoms with E-state index in [4.69, 9.17) is 4.74 Å². The molecule has 0 saturated heterocycles. The summed E-state index contributed by atoms with van der Waals surface area (Å²) in [7, 11) is 1.72. The third-order valence-corrected chi connectivity index (χ3v) is 2.28. The van der Waals surface area contributed by atoms with E-state index in [-0.39, 0.29) is 17.8 Å². The molecule has 1 aromatic heterocycles. The zero-order valence-corrected chi connectivity index (χ0v) is 10.9. The molecule has 0 aliphatic carbocycles. The van der Waals surface area contributed by atoms with Gasteiger partial charge in [0.25, 0.3) is 5.91 Å². The lowest BCUT2D eigenvalue weighted by atomic mass is 10.4. The van der Waals surface area contributed by atoms with Crippen LogP contribution in [0.5, 0.6) is 0 Å². The van der Waals surface area contributed by atoms with Gasteiger partial charge in [-0.2, -0.15) is 0 Å². The highest BCUT2D eigenvalue weighted by atomic mass is 16.5. The van der Waals surface area contributed by atoms with Crippen LogP contribution >= 0.6 is 0 Å². The van der Waals surface area contributed by atoms with E-state index in [0.717, 1.165) is 12.2 Å². The number of amides is 1. The predicted molar refractivity (Wildman–Crippen MR) is 63.8 cm³/mol. The summed E-state index contributed by atoms with van der Waals surface area (Å²) in [6.07, 6.45) is 0.911. The molecule has 6 heteroatoms. The quantitative estimate of drug-likeness (QED) is 0.800. The molecular formula is C11H20N4O2. The summed E-state index contributed by atoms with van der Waals surface area (Å²) >= 11 is 0. The molecule has 1 rings (SSSR count). The third kappa shape index (κ3) is 4.14. The second kappa shape index (κ2) is 6.34. The lowest BCUT2D eigenvalue weighted by Crippen LogP contribution is -2.31. The van der Waals surface area contributed by atoms with E-state index >= 15 is 0 Å². The number of hydrogen-bond donors (Lipinski definition) is 1. The fourth-order valence-electron chi connectivity index (χ4n) is 1.25. The Morgan fingerprint density at radius 2 is 2.24 bits per heavy atom. The number of carbonyl (C=O) groups is 1. The summed E-state index contributed by atoms with van der Waals surface area (Å²) in [5.41, 5.74) is 0. The summed E-state index contributed by atoms with van der Waals surface area (Å²) in [5, 5.41) is 6.61. The monoisotopic (exact) mass is 240 g/mol. The number of likely N-dealkylation sites (N-methyl/N-ethyl adjacent to an activating group) is 1. The molecule has 1 amide bonds. The van der Waals surface area contributed by atoms with E-state index in [1.807, 2.05) is 20.8 Å². The van der Waals surface area contributed by atoms with Gasteiger partial charge in [0.2, 0.25) is 5.82 Å². The highest BCUT2D eigenvalue weighted by molar-refractivity contribution is 5.90. The Morgan fingerprint density at radius 1 is 1.53 bits per heavy atom. The Labute approximate surface area is 101 Å². The van der Waals surface area contributed by atoms with Crippen LogP contribution in [0.2, 0.25) is 0 Å². The van der Waals surface area contributed by atoms with Crippen molar-refractivity contribution >= 4 is 5.91 Å². The minimum Gasteiger partial charge on any atom is -0.377 e. The van der Waals surface area contributed by atoms with Crippen molar-refractivity contribution in [3.8, 4) is 0 Å². The van der Waals surface area contributed by atoms with E-state index in [9.17, 15) is 4.79 Å². The van der Waals surface area contributed by atoms with Crippen LogP contribution in [0.1, 0.15) is 37.2 Å². The molecule has 0 unspecified atom stereocenters. The number of nitrogens with zero attached hydrogens (tertiary/aromatic N) is 3. The fraction of sp³-hybridized carbons (Fsp3) is 0.727. The number of carbonyl (C=O) groups excluding carboxylic acids is 1. The van der Waals surface area contributed by atoms with Crippen molar-refractivity contribution in [1.29, 1.82) is 0 Å². The molecule has 1 heterocycles. The zero-order chi connectivity index (χ0) is 12.8. The van der Waals surface area contributed by atoms with Crippen molar-refractivity contribution in [2.24, 2.45) is 0 Å². The van der Waals surface area contributed by atoms with E-state index in [1.54, 1.807) is 11.9 Å². The Kier molecular flexibility index (Phi) is 5.09. The van der Waals surface area contributed by atoms with E-state index in [1.165, 1.54) is 0 Å². The van der Waals surface area contributed by atoms with Crippen molar-refractivity contribution in [3.63, 3.8) is 0 Å². The van der Waals surface area contributed by atoms with Crippen LogP contribution in [0.3, 0.4) is 0 Å². The van der Waals surface area contributed by atoms with Gasteiger partial charge >= 0.3 is 0 Å². The Hall–Kier alpha value is -1.43. The van der Waals surface area contributed by atoms with E-state index < -0.39 is 0 Å². The number of hydrogen-bond acceptors (Lipinski definition) is 4. The topological polar surface area (TPSA) is 71.1 Å². The highest BCUT2D eigenvalue weighted by Crippen LogP contribution is 1.99. The molecule has 96 valence electrons. The van der Waals surface area contributed by atoms with Gasteiger partial charge in [-0.15, -0.1) is 5.10 Å². The maximum absolute atomic E-state index is 11.9. The van der Waals surface area contributed by atoms with E-state index in [0.29, 0.717) is 13.2 Å². The molecule has 1 aromatic rings. The first kappa shape index (κ1) is 13.6. The molecule has 1 N–H and O–H groups in total. The molecule has 0 bridgehead atoms. The summed E-state index contributed by atoms with van der Waals surface area (Å²) in [6, 6.07) is 0. The van der Waals surface area contributed by atoms with Crippen LogP contribution in [-0.4, -0.2) is 52.3 Å². The summed E-state index contributed by atoms with van der Waals surface area (Å²) in [5.74, 6) is 0.752. The molecule has 0 aliphatic heterocycles. The summed E-state index contributed by atoms with van der Waals surface area (Å²) in [6.45, 7) is 6.93. The normalized spacial score (nSPS) is 10.9. The summed E-state index contributed by atoms with van der Waals surface area (Å²) < 4.78 is 5.38. The van der Waals surface area contributed by atoms with Crippen LogP contribution in [0.4, 0.5) is 0 Å². The number of aromatic nitrogens is 3. The van der Waals surface area contributed by atoms with Crippen LogP contribution in [-0.2, 0) is 11.2 Å². The average Bonchev–Trinajstić information content (AvgIpc) is 2.75. The van der Waals surface area contributed by atoms with E-state index in [2.05, 4.69) is 15.2 Å². The SMILES string of the molecule is CCc1nc(C(=O)N(C)CCOC(C)C)n[nH]1. The number of rotatable bonds is 6. The highest BCUT2D eigenvalue weighted by Gasteiger charge is 2.16. The van der Waals surface area contributed by atoms with Crippen LogP contribution in [0, 0.1) is 0 Å². The van der Waals surface area contributed by atoms with Gasteiger partial charge in [-0.25, -0.2) is 4.98 Å². The lowest BCUT2D eigenvalue weighted by Gasteiger charge is -2.16. The summed E-state index contributed by atoms with van der Waals surface area (Å²) in [4.78, 5) is 17.5. The molecule has 0 radical (unpaired) electrons. The number of aromatic amines is 1. The molecule has 17 heavy (non-hydrogen) atoms. The molecule has 0 fully saturated rings. The largest absolute Gasteiger partial charge is 0.377 e. The Bertz CT molecular complexity index is 362. The Balaban J connectivity index is 2.46. The molecule has 0 aromatic carbocycles. The number of ether oxygens (including phenoxy) is 1. The van der Waals surface area contributed by atoms with Crippen LogP contribution in [0.25, 0.3) is 0 Å². The smallest absolute Gasteiger partial charge is 0.293 e. The zero-order valence-electron chi connectivity index (χ0n) is 10.9. The van der Waals surface area contributed by atoms with Gasteiger partial charge in [-0.1, -0.05) is 6.92 Å². The van der Waals surface area contributed by atoms with Crippen LogP contribution < -0.4 is 0 Å². The first-order chi connectivity index (χ1) is 8.04. The van der Waals surface area contributed by atoms with Crippen molar-refractivity contribution in [2.75, 3.05) is 20.2 Å². The minimum atomic E-state index is -0.187. The van der Waals surface area contributed by atoms with Gasteiger partial charge in [0, 0.05) is 20.0 Å². The molecule has 0 atom stereocenters. The standard InChI is InChI=1S/C11H20N4O2/c1-5-9-12-10(14-13-9)11(16)15(4)6-7-17-8(2)3/h8H,5-7H2,1-4H3,(H,12,13,14). The van der Waals surface area contributed by atoms with Crippen LogP contribution in [0.15, 0.2) is 0 Å². The number of aryl methyl sites for hydroxylation is 1. The third-order valence-electron chi connectivity index (χ3n) is 2.28. The maximum atomic E-state index is 11.9. The molecular weight excluding hydrogens is 220 g/mol. The van der Waals surface area contributed by atoms with Crippen molar-refractivity contribution in [3.05, 3.63) is 11.6 Å². The average molecular weight is 240 g/mol. The second-order valence-corrected chi connectivity index (χ2v) is 4.11. The fourth-order valence-corrected chi connectivity index (χ4v) is 1.25. The maximum Gasteiger partial charge on any atom is 0.293 e. The van der Waals surface area contributed by atoms with Gasteiger partial charge < -0.3 is 9.64 Å². The van der Waals surface area contributed by atoms with Gasteiger partial charge in [-0.05, 0) is 13.8 Å². The van der Waals surface area contributed by atoms with Gasteiger partial charge in [0.05, 0.1) is 12.7 Å². The van der Waals surface area contributed by atoms with Gasteiger partial charge in [0.15, 0.2) is 0 Å². The second-order valence-electron chi connectivity index (χ2n) is 4.11. The van der Waals surface area contributed by atoms with Crippen molar-refractivity contribution < 1.29 is 9.53 Å². The first-order valence-corrected chi connectivity index (χ1v) is 5.83.